The summed E-state index contributed by atoms with van der Waals surface area (Å²) < 4.78 is 11.6. The number of ether oxygens (including phenoxy) is 2. The topological polar surface area (TPSA) is 84.2 Å². The first kappa shape index (κ1) is 22.3. The number of hydrogen-bond donors (Lipinski definition) is 1. The molecule has 6 nitrogen and oxygen atoms in total. The maximum Gasteiger partial charge on any atom is 0.266 e. The molecule has 6 heteroatoms. The molecular formula is C28H21N3O3. The van der Waals surface area contributed by atoms with Crippen molar-refractivity contribution in [2.75, 3.05) is 5.32 Å². The van der Waals surface area contributed by atoms with Crippen molar-refractivity contribution in [1.82, 2.24) is 4.98 Å². The highest BCUT2D eigenvalue weighted by molar-refractivity contribution is 6.10. The SMILES string of the molecule is N#C/C(=C/c1ccc(OCc2ccncc2)cc1)C(=O)Nc1ccccc1Oc1ccccc1. The Kier molecular flexibility index (Phi) is 7.29. The second kappa shape index (κ2) is 11.1. The quantitative estimate of drug-likeness (QED) is 0.265. The van der Waals surface area contributed by atoms with Gasteiger partial charge >= 0.3 is 0 Å². The Hall–Kier alpha value is -4.89. The van der Waals surface area contributed by atoms with Crippen LogP contribution in [0.5, 0.6) is 17.2 Å². The van der Waals surface area contributed by atoms with Crippen LogP contribution in [0.2, 0.25) is 0 Å². The summed E-state index contributed by atoms with van der Waals surface area (Å²) in [6, 6.07) is 29.3. The zero-order valence-electron chi connectivity index (χ0n) is 18.2. The first-order valence-corrected chi connectivity index (χ1v) is 10.6. The number of amides is 1. The number of benzene rings is 3. The molecule has 0 unspecified atom stereocenters. The molecule has 34 heavy (non-hydrogen) atoms. The van der Waals surface area contributed by atoms with Gasteiger partial charge in [0.2, 0.25) is 0 Å². The molecule has 1 amide bonds. The fourth-order valence-electron chi connectivity index (χ4n) is 3.09. The number of aromatic nitrogens is 1. The van der Waals surface area contributed by atoms with E-state index < -0.39 is 5.91 Å². The van der Waals surface area contributed by atoms with E-state index in [-0.39, 0.29) is 5.57 Å². The number of pyridine rings is 1. The second-order valence-corrected chi connectivity index (χ2v) is 7.25. The van der Waals surface area contributed by atoms with E-state index in [9.17, 15) is 10.1 Å². The summed E-state index contributed by atoms with van der Waals surface area (Å²) in [7, 11) is 0. The van der Waals surface area contributed by atoms with Crippen molar-refractivity contribution in [1.29, 1.82) is 5.26 Å². The number of nitrogens with zero attached hydrogens (tertiary/aromatic N) is 2. The van der Waals surface area contributed by atoms with Gasteiger partial charge in [0.25, 0.3) is 5.91 Å². The fourth-order valence-corrected chi connectivity index (χ4v) is 3.09. The Morgan fingerprint density at radius 3 is 2.32 bits per heavy atom. The van der Waals surface area contributed by atoms with Gasteiger partial charge in [-0.1, -0.05) is 42.5 Å². The van der Waals surface area contributed by atoms with Gasteiger partial charge in [0.1, 0.15) is 29.7 Å². The number of rotatable bonds is 8. The van der Waals surface area contributed by atoms with Crippen LogP contribution in [0.1, 0.15) is 11.1 Å². The maximum atomic E-state index is 12.8. The molecule has 0 saturated heterocycles. The molecule has 1 heterocycles. The molecule has 1 aromatic heterocycles. The molecular weight excluding hydrogens is 426 g/mol. The van der Waals surface area contributed by atoms with E-state index in [1.54, 1.807) is 54.9 Å². The number of anilines is 1. The summed E-state index contributed by atoms with van der Waals surface area (Å²) >= 11 is 0. The van der Waals surface area contributed by atoms with Crippen LogP contribution in [-0.2, 0) is 11.4 Å². The molecule has 0 aliphatic heterocycles. The van der Waals surface area contributed by atoms with Crippen molar-refractivity contribution in [2.45, 2.75) is 6.61 Å². The molecule has 0 aliphatic carbocycles. The van der Waals surface area contributed by atoms with Crippen molar-refractivity contribution in [3.05, 3.63) is 120 Å². The minimum absolute atomic E-state index is 0.0278. The van der Waals surface area contributed by atoms with Gasteiger partial charge in [0.15, 0.2) is 5.75 Å². The summed E-state index contributed by atoms with van der Waals surface area (Å²) in [5, 5.41) is 12.3. The largest absolute Gasteiger partial charge is 0.489 e. The Morgan fingerprint density at radius 1 is 0.882 bits per heavy atom. The molecule has 0 radical (unpaired) electrons. The van der Waals surface area contributed by atoms with E-state index in [2.05, 4.69) is 10.3 Å². The summed E-state index contributed by atoms with van der Waals surface area (Å²) in [6.07, 6.45) is 4.96. The lowest BCUT2D eigenvalue weighted by Crippen LogP contribution is -2.14. The van der Waals surface area contributed by atoms with Crippen LogP contribution in [-0.4, -0.2) is 10.9 Å². The molecule has 166 valence electrons. The molecule has 0 fully saturated rings. The van der Waals surface area contributed by atoms with Crippen molar-refractivity contribution in [3.63, 3.8) is 0 Å². The van der Waals surface area contributed by atoms with Gasteiger partial charge in [0, 0.05) is 12.4 Å². The van der Waals surface area contributed by atoms with E-state index in [1.807, 2.05) is 54.6 Å². The predicted molar refractivity (Wildman–Crippen MR) is 130 cm³/mol. The van der Waals surface area contributed by atoms with Gasteiger partial charge in [-0.05, 0) is 65.7 Å². The first-order chi connectivity index (χ1) is 16.7. The highest BCUT2D eigenvalue weighted by atomic mass is 16.5. The average molecular weight is 447 g/mol. The second-order valence-electron chi connectivity index (χ2n) is 7.25. The van der Waals surface area contributed by atoms with Gasteiger partial charge in [-0.3, -0.25) is 9.78 Å². The zero-order chi connectivity index (χ0) is 23.6. The van der Waals surface area contributed by atoms with Crippen molar-refractivity contribution >= 4 is 17.7 Å². The van der Waals surface area contributed by atoms with Crippen LogP contribution in [0.4, 0.5) is 5.69 Å². The number of nitriles is 1. The van der Waals surface area contributed by atoms with Crippen LogP contribution >= 0.6 is 0 Å². The monoisotopic (exact) mass is 447 g/mol. The molecule has 0 atom stereocenters. The molecule has 3 aromatic carbocycles. The van der Waals surface area contributed by atoms with Crippen LogP contribution in [0, 0.1) is 11.3 Å². The molecule has 4 aromatic rings. The number of carbonyl (C=O) groups is 1. The standard InChI is InChI=1S/C28H21N3O3/c29-19-23(18-21-10-12-24(13-11-21)33-20-22-14-16-30-17-15-22)28(32)31-26-8-4-5-9-27(26)34-25-6-2-1-3-7-25/h1-18H,20H2,(H,31,32)/b23-18-. The summed E-state index contributed by atoms with van der Waals surface area (Å²) in [5.74, 6) is 1.29. The van der Waals surface area contributed by atoms with Crippen LogP contribution in [0.3, 0.4) is 0 Å². The molecule has 0 saturated carbocycles. The van der Waals surface area contributed by atoms with E-state index in [4.69, 9.17) is 9.47 Å². The third-order valence-electron chi connectivity index (χ3n) is 4.82. The van der Waals surface area contributed by atoms with Gasteiger partial charge < -0.3 is 14.8 Å². The Bertz CT molecular complexity index is 1310. The first-order valence-electron chi connectivity index (χ1n) is 10.6. The number of nitrogens with one attached hydrogen (secondary N) is 1. The van der Waals surface area contributed by atoms with Crippen LogP contribution < -0.4 is 14.8 Å². The molecule has 4 rings (SSSR count). The molecule has 1 N–H and O–H groups in total. The summed E-state index contributed by atoms with van der Waals surface area (Å²) in [4.78, 5) is 16.8. The summed E-state index contributed by atoms with van der Waals surface area (Å²) in [6.45, 7) is 0.425. The highest BCUT2D eigenvalue weighted by Crippen LogP contribution is 2.29. The maximum absolute atomic E-state index is 12.8. The molecule has 0 aliphatic rings. The molecule has 0 spiro atoms. The van der Waals surface area contributed by atoms with Gasteiger partial charge in [-0.2, -0.15) is 5.26 Å². The van der Waals surface area contributed by atoms with Crippen LogP contribution in [0.25, 0.3) is 6.08 Å². The number of hydrogen-bond acceptors (Lipinski definition) is 5. The van der Waals surface area contributed by atoms with Gasteiger partial charge in [-0.15, -0.1) is 0 Å². The van der Waals surface area contributed by atoms with Gasteiger partial charge in [-0.25, -0.2) is 0 Å². The minimum Gasteiger partial charge on any atom is -0.489 e. The Morgan fingerprint density at radius 2 is 1.59 bits per heavy atom. The summed E-state index contributed by atoms with van der Waals surface area (Å²) in [5.41, 5.74) is 2.16. The third kappa shape index (κ3) is 6.09. The van der Waals surface area contributed by atoms with Crippen molar-refractivity contribution < 1.29 is 14.3 Å². The normalized spacial score (nSPS) is 10.7. The van der Waals surface area contributed by atoms with E-state index >= 15 is 0 Å². The lowest BCUT2D eigenvalue weighted by Gasteiger charge is -2.12. The van der Waals surface area contributed by atoms with Crippen molar-refractivity contribution in [3.8, 4) is 23.3 Å². The molecule has 0 bridgehead atoms. The lowest BCUT2D eigenvalue weighted by atomic mass is 10.1. The third-order valence-corrected chi connectivity index (χ3v) is 4.82. The van der Waals surface area contributed by atoms with Gasteiger partial charge in [0.05, 0.1) is 5.69 Å². The average Bonchev–Trinajstić information content (AvgIpc) is 2.89. The van der Waals surface area contributed by atoms with Crippen molar-refractivity contribution in [2.24, 2.45) is 0 Å². The number of para-hydroxylation sites is 3. The smallest absolute Gasteiger partial charge is 0.266 e. The Labute approximate surface area is 197 Å². The predicted octanol–water partition coefficient (Wildman–Crippen LogP) is 6.00. The Balaban J connectivity index is 1.43. The van der Waals surface area contributed by atoms with E-state index in [1.165, 1.54) is 6.08 Å². The fraction of sp³-hybridized carbons (Fsp3) is 0.0357. The van der Waals surface area contributed by atoms with E-state index in [0.29, 0.717) is 35.1 Å². The lowest BCUT2D eigenvalue weighted by molar-refractivity contribution is -0.112. The minimum atomic E-state index is -0.523. The zero-order valence-corrected chi connectivity index (χ0v) is 18.2. The van der Waals surface area contributed by atoms with Crippen LogP contribution in [0.15, 0.2) is 109 Å². The number of carbonyl (C=O) groups excluding carboxylic acids is 1. The van der Waals surface area contributed by atoms with E-state index in [0.717, 1.165) is 5.56 Å². The highest BCUT2D eigenvalue weighted by Gasteiger charge is 2.13.